The molecule has 0 saturated carbocycles. The normalized spacial score (nSPS) is 15.0. The van der Waals surface area contributed by atoms with Crippen molar-refractivity contribution in [3.8, 4) is 5.88 Å². The Morgan fingerprint density at radius 3 is 2.85 bits per heavy atom. The fraction of sp³-hybridized carbons (Fsp3) is 0.263. The van der Waals surface area contributed by atoms with Crippen molar-refractivity contribution in [3.63, 3.8) is 0 Å². The first-order valence-electron chi connectivity index (χ1n) is 8.58. The number of nitrogens with two attached hydrogens (primary N) is 1. The van der Waals surface area contributed by atoms with E-state index in [2.05, 4.69) is 20.4 Å². The van der Waals surface area contributed by atoms with Gasteiger partial charge in [0.1, 0.15) is 5.52 Å². The molecule has 2 aromatic heterocycles. The molecule has 1 aliphatic heterocycles. The number of likely N-dealkylation sites (N-methyl/N-ethyl adjacent to an activating group) is 1. The Balaban J connectivity index is 1.90. The average Bonchev–Trinajstić information content (AvgIpc) is 3.11. The lowest BCUT2D eigenvalue weighted by atomic mass is 10.0. The lowest BCUT2D eigenvalue weighted by Crippen LogP contribution is -2.21. The molecule has 1 amide bonds. The van der Waals surface area contributed by atoms with Crippen molar-refractivity contribution in [3.05, 3.63) is 47.8 Å². The molecule has 27 heavy (non-hydrogen) atoms. The highest BCUT2D eigenvalue weighted by Crippen LogP contribution is 2.29. The van der Waals surface area contributed by atoms with E-state index in [0.717, 1.165) is 22.4 Å². The standard InChI is InChI=1S/C19H22N6O2/c1-4-12(5-7-14-8-6-13(11-22-14)17(26)21-2)15-9-10-25-16(15)18(27-3)23-19(20)24-25/h4-5,7,9-11H,6,8H2,1-3H3,(H2,20,24)(H,21,26)/b7-5-,12-4+. The Hall–Kier alpha value is -3.42. The minimum Gasteiger partial charge on any atom is -0.479 e. The minimum atomic E-state index is -0.0810. The molecule has 0 aliphatic carbocycles. The van der Waals surface area contributed by atoms with Crippen LogP contribution in [0.2, 0.25) is 0 Å². The van der Waals surface area contributed by atoms with Crippen LogP contribution in [0.1, 0.15) is 25.3 Å². The summed E-state index contributed by atoms with van der Waals surface area (Å²) >= 11 is 0. The Kier molecular flexibility index (Phi) is 5.35. The van der Waals surface area contributed by atoms with Gasteiger partial charge in [0, 0.05) is 36.3 Å². The van der Waals surface area contributed by atoms with Gasteiger partial charge in [0.25, 0.3) is 0 Å². The fourth-order valence-electron chi connectivity index (χ4n) is 2.92. The molecule has 0 fully saturated rings. The maximum absolute atomic E-state index is 11.6. The van der Waals surface area contributed by atoms with Gasteiger partial charge < -0.3 is 15.8 Å². The first-order valence-corrected chi connectivity index (χ1v) is 8.58. The molecule has 0 spiro atoms. The van der Waals surface area contributed by atoms with Crippen LogP contribution in [-0.4, -0.2) is 40.4 Å². The zero-order valence-corrected chi connectivity index (χ0v) is 15.6. The number of aromatic nitrogens is 3. The second-order valence-electron chi connectivity index (χ2n) is 5.93. The van der Waals surface area contributed by atoms with Crippen LogP contribution in [0.3, 0.4) is 0 Å². The summed E-state index contributed by atoms with van der Waals surface area (Å²) in [6.07, 6.45) is 10.8. The molecule has 0 unspecified atom stereocenters. The number of nitrogens with zero attached hydrogens (tertiary/aromatic N) is 4. The molecule has 1 aliphatic rings. The SMILES string of the molecule is C/C=C(\C=C/C1=NC=C(C(=O)NC)CC1)c1ccn2nc(N)nc(OC)c12. The van der Waals surface area contributed by atoms with Gasteiger partial charge >= 0.3 is 0 Å². The van der Waals surface area contributed by atoms with Gasteiger partial charge in [-0.3, -0.25) is 9.79 Å². The van der Waals surface area contributed by atoms with E-state index >= 15 is 0 Å². The van der Waals surface area contributed by atoms with Crippen LogP contribution in [-0.2, 0) is 4.79 Å². The molecule has 8 nitrogen and oxygen atoms in total. The first-order chi connectivity index (χ1) is 13.1. The number of fused-ring (bicyclic) bond motifs is 1. The van der Waals surface area contributed by atoms with Gasteiger partial charge in [-0.1, -0.05) is 12.2 Å². The maximum Gasteiger partial charge on any atom is 0.248 e. The Labute approximate surface area is 157 Å². The van der Waals surface area contributed by atoms with Crippen LogP contribution in [0.4, 0.5) is 5.95 Å². The zero-order valence-electron chi connectivity index (χ0n) is 15.6. The molecule has 2 aromatic rings. The van der Waals surface area contributed by atoms with Crippen molar-refractivity contribution >= 4 is 28.7 Å². The smallest absolute Gasteiger partial charge is 0.248 e. The number of methoxy groups -OCH3 is 1. The highest BCUT2D eigenvalue weighted by molar-refractivity contribution is 6.02. The fourth-order valence-corrected chi connectivity index (χ4v) is 2.92. The van der Waals surface area contributed by atoms with Gasteiger partial charge in [-0.05, 0) is 37.5 Å². The molecule has 0 saturated heterocycles. The third-order valence-corrected chi connectivity index (χ3v) is 4.32. The maximum atomic E-state index is 11.6. The number of carbonyl (C=O) groups excluding carboxylic acids is 1. The zero-order chi connectivity index (χ0) is 19.4. The summed E-state index contributed by atoms with van der Waals surface area (Å²) in [6, 6.07) is 1.94. The molecular formula is C19H22N6O2. The second kappa shape index (κ2) is 7.86. The Morgan fingerprint density at radius 2 is 2.22 bits per heavy atom. The van der Waals surface area contributed by atoms with Crippen molar-refractivity contribution in [1.29, 1.82) is 0 Å². The van der Waals surface area contributed by atoms with Crippen molar-refractivity contribution in [2.45, 2.75) is 19.8 Å². The summed E-state index contributed by atoms with van der Waals surface area (Å²) in [4.78, 5) is 20.2. The number of amides is 1. The van der Waals surface area contributed by atoms with E-state index in [4.69, 9.17) is 10.5 Å². The van der Waals surface area contributed by atoms with Gasteiger partial charge in [-0.2, -0.15) is 4.98 Å². The first kappa shape index (κ1) is 18.4. The van der Waals surface area contributed by atoms with Crippen molar-refractivity contribution in [2.75, 3.05) is 19.9 Å². The number of hydrogen-bond acceptors (Lipinski definition) is 6. The van der Waals surface area contributed by atoms with Crippen LogP contribution in [0.15, 0.2) is 47.3 Å². The predicted octanol–water partition coefficient (Wildman–Crippen LogP) is 2.14. The topological polar surface area (TPSA) is 107 Å². The van der Waals surface area contributed by atoms with E-state index in [1.165, 1.54) is 0 Å². The highest BCUT2D eigenvalue weighted by Gasteiger charge is 2.15. The number of ether oxygens (including phenoxy) is 1. The summed E-state index contributed by atoms with van der Waals surface area (Å²) in [6.45, 7) is 1.96. The third kappa shape index (κ3) is 3.74. The Bertz CT molecular complexity index is 997. The largest absolute Gasteiger partial charge is 0.479 e. The number of anilines is 1. The monoisotopic (exact) mass is 366 g/mol. The molecule has 8 heteroatoms. The number of nitrogens with one attached hydrogen (secondary N) is 1. The van der Waals surface area contributed by atoms with E-state index in [-0.39, 0.29) is 11.9 Å². The van der Waals surface area contributed by atoms with E-state index in [1.54, 1.807) is 24.9 Å². The molecule has 3 heterocycles. The lowest BCUT2D eigenvalue weighted by Gasteiger charge is -2.10. The summed E-state index contributed by atoms with van der Waals surface area (Å²) in [5.74, 6) is 0.486. The van der Waals surface area contributed by atoms with Crippen LogP contribution >= 0.6 is 0 Å². The highest BCUT2D eigenvalue weighted by atomic mass is 16.5. The van der Waals surface area contributed by atoms with Gasteiger partial charge in [0.15, 0.2) is 0 Å². The van der Waals surface area contributed by atoms with Crippen LogP contribution < -0.4 is 15.8 Å². The van der Waals surface area contributed by atoms with Crippen molar-refractivity contribution < 1.29 is 9.53 Å². The quantitative estimate of drug-likeness (QED) is 0.789. The average molecular weight is 366 g/mol. The van der Waals surface area contributed by atoms with E-state index in [0.29, 0.717) is 24.3 Å². The molecular weight excluding hydrogens is 344 g/mol. The molecule has 0 aromatic carbocycles. The van der Waals surface area contributed by atoms with E-state index in [1.807, 2.05) is 37.4 Å². The summed E-state index contributed by atoms with van der Waals surface area (Å²) in [5, 5.41) is 6.81. The van der Waals surface area contributed by atoms with Gasteiger partial charge in [-0.15, -0.1) is 5.10 Å². The molecule has 3 rings (SSSR count). The van der Waals surface area contributed by atoms with Gasteiger partial charge in [0.2, 0.25) is 17.7 Å². The number of aliphatic imine (C=N–C) groups is 1. The minimum absolute atomic E-state index is 0.0810. The summed E-state index contributed by atoms with van der Waals surface area (Å²) in [7, 11) is 3.17. The third-order valence-electron chi connectivity index (χ3n) is 4.32. The number of nitrogen functional groups attached to an aromatic ring is 1. The number of rotatable bonds is 5. The number of carbonyl (C=O) groups is 1. The molecule has 0 bridgehead atoms. The molecule has 140 valence electrons. The van der Waals surface area contributed by atoms with Crippen molar-refractivity contribution in [1.82, 2.24) is 19.9 Å². The second-order valence-corrected chi connectivity index (χ2v) is 5.93. The van der Waals surface area contributed by atoms with Crippen LogP contribution in [0.5, 0.6) is 5.88 Å². The Morgan fingerprint density at radius 1 is 1.41 bits per heavy atom. The predicted molar refractivity (Wildman–Crippen MR) is 106 cm³/mol. The summed E-state index contributed by atoms with van der Waals surface area (Å²) < 4.78 is 7.03. The van der Waals surface area contributed by atoms with E-state index < -0.39 is 0 Å². The summed E-state index contributed by atoms with van der Waals surface area (Å²) in [5.41, 5.74) is 9.98. The van der Waals surface area contributed by atoms with Gasteiger partial charge in [0.05, 0.1) is 7.11 Å². The lowest BCUT2D eigenvalue weighted by molar-refractivity contribution is -0.117. The molecule has 3 N–H and O–H groups in total. The van der Waals surface area contributed by atoms with E-state index in [9.17, 15) is 4.79 Å². The molecule has 0 radical (unpaired) electrons. The number of hydrogen-bond donors (Lipinski definition) is 2. The molecule has 0 atom stereocenters. The van der Waals surface area contributed by atoms with Crippen LogP contribution in [0, 0.1) is 0 Å². The van der Waals surface area contributed by atoms with Gasteiger partial charge in [-0.25, -0.2) is 4.52 Å². The van der Waals surface area contributed by atoms with Crippen molar-refractivity contribution in [2.24, 2.45) is 4.99 Å². The van der Waals surface area contributed by atoms with Crippen LogP contribution in [0.25, 0.3) is 11.1 Å². The number of allylic oxidation sites excluding steroid dienone is 4.